The van der Waals surface area contributed by atoms with Crippen LogP contribution in [0.25, 0.3) is 10.2 Å². The molecule has 0 spiro atoms. The van der Waals surface area contributed by atoms with Crippen LogP contribution in [0.15, 0.2) is 16.4 Å². The molecule has 138 valence electrons. The summed E-state index contributed by atoms with van der Waals surface area (Å²) in [7, 11) is 0. The first-order valence-corrected chi connectivity index (χ1v) is 9.81. The molecule has 0 bridgehead atoms. The number of nitrogens with zero attached hydrogens (tertiary/aromatic N) is 2. The van der Waals surface area contributed by atoms with Crippen molar-refractivity contribution >= 4 is 51.1 Å². The van der Waals surface area contributed by atoms with Crippen molar-refractivity contribution in [3.8, 4) is 0 Å². The van der Waals surface area contributed by atoms with E-state index in [1.165, 1.54) is 11.8 Å². The van der Waals surface area contributed by atoms with Crippen LogP contribution in [0.2, 0.25) is 0 Å². The van der Waals surface area contributed by atoms with Gasteiger partial charge in [-0.15, -0.1) is 11.3 Å². The predicted octanol–water partition coefficient (Wildman–Crippen LogP) is 2.11. The van der Waals surface area contributed by atoms with Gasteiger partial charge in [0, 0.05) is 16.3 Å². The van der Waals surface area contributed by atoms with Crippen molar-refractivity contribution in [2.45, 2.75) is 25.9 Å². The molecular weight excluding hydrogens is 374 g/mol. The van der Waals surface area contributed by atoms with Crippen LogP contribution in [0, 0.1) is 13.8 Å². The maximum absolute atomic E-state index is 12.1. The van der Waals surface area contributed by atoms with Gasteiger partial charge in [0.1, 0.15) is 10.6 Å². The number of anilines is 1. The first-order valence-electron chi connectivity index (χ1n) is 8.00. The highest BCUT2D eigenvalue weighted by atomic mass is 32.2. The summed E-state index contributed by atoms with van der Waals surface area (Å²) < 4.78 is 5.04. The van der Waals surface area contributed by atoms with Crippen molar-refractivity contribution in [3.05, 3.63) is 21.7 Å². The largest absolute Gasteiger partial charge is 0.463 e. The smallest absolute Gasteiger partial charge is 0.337 e. The lowest BCUT2D eigenvalue weighted by atomic mass is 10.2. The number of fused-ring (bicyclic) bond motifs is 1. The summed E-state index contributed by atoms with van der Waals surface area (Å²) in [6, 6.07) is -0.353. The zero-order chi connectivity index (χ0) is 18.8. The monoisotopic (exact) mass is 393 g/mol. The second-order valence-corrected chi connectivity index (χ2v) is 7.77. The van der Waals surface area contributed by atoms with Gasteiger partial charge in [0.15, 0.2) is 5.16 Å². The Labute approximate surface area is 158 Å². The second kappa shape index (κ2) is 7.50. The lowest BCUT2D eigenvalue weighted by Gasteiger charge is -2.20. The highest BCUT2D eigenvalue weighted by Gasteiger charge is 2.24. The number of rotatable bonds is 5. The molecule has 0 aliphatic carbocycles. The van der Waals surface area contributed by atoms with Gasteiger partial charge in [-0.05, 0) is 26.3 Å². The number of nitrogens with two attached hydrogens (primary N) is 1. The minimum Gasteiger partial charge on any atom is -0.463 e. The first-order chi connectivity index (χ1) is 12.4. The van der Waals surface area contributed by atoms with Crippen LogP contribution in [0.5, 0.6) is 0 Å². The molecule has 4 N–H and O–H groups in total. The molecular formula is C16H19N5O3S2. The quantitative estimate of drug-likeness (QED) is 0.404. The van der Waals surface area contributed by atoms with Gasteiger partial charge in [0.05, 0.1) is 24.1 Å². The van der Waals surface area contributed by atoms with Crippen LogP contribution in [-0.4, -0.2) is 40.9 Å². The molecule has 0 atom stereocenters. The molecule has 10 heteroatoms. The molecule has 8 nitrogen and oxygen atoms in total. The van der Waals surface area contributed by atoms with E-state index in [0.717, 1.165) is 20.7 Å². The van der Waals surface area contributed by atoms with Crippen LogP contribution in [0.1, 0.15) is 17.4 Å². The third-order valence-electron chi connectivity index (χ3n) is 3.96. The fourth-order valence-corrected chi connectivity index (χ4v) is 4.46. The fraction of sp³-hybridized carbons (Fsp3) is 0.375. The van der Waals surface area contributed by atoms with Crippen LogP contribution in [-0.2, 0) is 9.53 Å². The summed E-state index contributed by atoms with van der Waals surface area (Å²) in [5.41, 5.74) is 8.08. The van der Waals surface area contributed by atoms with Crippen LogP contribution in [0.4, 0.5) is 10.6 Å². The Morgan fingerprint density at radius 3 is 2.88 bits per heavy atom. The number of carbonyl (C=O) groups excluding carboxylic acids is 2. The van der Waals surface area contributed by atoms with Crippen molar-refractivity contribution in [1.82, 2.24) is 20.6 Å². The number of urea groups is 1. The summed E-state index contributed by atoms with van der Waals surface area (Å²) in [5, 5.41) is 6.63. The topological polar surface area (TPSA) is 119 Å². The van der Waals surface area contributed by atoms with Gasteiger partial charge >= 0.3 is 12.0 Å². The Kier molecular flexibility index (Phi) is 5.33. The van der Waals surface area contributed by atoms with Crippen LogP contribution >= 0.6 is 23.1 Å². The number of esters is 1. The summed E-state index contributed by atoms with van der Waals surface area (Å²) in [6.07, 6.45) is 0. The zero-order valence-electron chi connectivity index (χ0n) is 14.6. The lowest BCUT2D eigenvalue weighted by molar-refractivity contribution is -0.138. The average Bonchev–Trinajstić information content (AvgIpc) is 2.88. The van der Waals surface area contributed by atoms with E-state index in [-0.39, 0.29) is 19.2 Å². The van der Waals surface area contributed by atoms with E-state index in [1.807, 2.05) is 13.8 Å². The number of ether oxygens (including phenoxy) is 1. The molecule has 2 amide bonds. The third-order valence-corrected chi connectivity index (χ3v) is 5.93. The molecule has 1 aliphatic heterocycles. The SMILES string of the molecule is CCOC(=O)C1=C(CSc2nc(N)c3c(C)c(C)sc3n2)NC(=O)NC1. The molecule has 3 rings (SSSR count). The van der Waals surface area contributed by atoms with E-state index >= 15 is 0 Å². The maximum Gasteiger partial charge on any atom is 0.337 e. The molecule has 2 aromatic rings. The van der Waals surface area contributed by atoms with E-state index in [1.54, 1.807) is 18.3 Å². The van der Waals surface area contributed by atoms with Gasteiger partial charge in [-0.2, -0.15) is 0 Å². The van der Waals surface area contributed by atoms with Crippen molar-refractivity contribution < 1.29 is 14.3 Å². The van der Waals surface area contributed by atoms with Crippen molar-refractivity contribution in [2.75, 3.05) is 24.6 Å². The van der Waals surface area contributed by atoms with Gasteiger partial charge in [-0.1, -0.05) is 11.8 Å². The van der Waals surface area contributed by atoms with Gasteiger partial charge < -0.3 is 21.1 Å². The molecule has 0 fully saturated rings. The summed E-state index contributed by atoms with van der Waals surface area (Å²) >= 11 is 2.88. The molecule has 0 saturated carbocycles. The summed E-state index contributed by atoms with van der Waals surface area (Å²) in [5.74, 6) is 0.319. The Morgan fingerprint density at radius 1 is 1.38 bits per heavy atom. The first kappa shape index (κ1) is 18.5. The standard InChI is InChI=1S/C16H19N5O3S2/c1-4-24-14(22)9-5-18-15(23)19-10(9)6-25-16-20-12(17)11-7(2)8(3)26-13(11)21-16/h4-6H2,1-3H3,(H2,17,20,21)(H2,18,19,23). The maximum atomic E-state index is 12.1. The second-order valence-electron chi connectivity index (χ2n) is 5.63. The van der Waals surface area contributed by atoms with E-state index in [0.29, 0.717) is 28.0 Å². The molecule has 1 aliphatic rings. The number of nitrogens with one attached hydrogen (secondary N) is 2. The molecule has 0 radical (unpaired) electrons. The minimum absolute atomic E-state index is 0.131. The highest BCUT2D eigenvalue weighted by molar-refractivity contribution is 7.99. The predicted molar refractivity (Wildman–Crippen MR) is 102 cm³/mol. The Balaban J connectivity index is 1.85. The number of amides is 2. The number of nitrogen functional groups attached to an aromatic ring is 1. The molecule has 3 heterocycles. The van der Waals surface area contributed by atoms with Crippen LogP contribution in [0.3, 0.4) is 0 Å². The summed E-state index contributed by atoms with van der Waals surface area (Å²) in [4.78, 5) is 34.6. The Bertz CT molecular complexity index is 922. The van der Waals surface area contributed by atoms with Gasteiger partial charge in [-0.3, -0.25) is 0 Å². The van der Waals surface area contributed by atoms with Gasteiger partial charge in [-0.25, -0.2) is 19.6 Å². The van der Waals surface area contributed by atoms with E-state index in [9.17, 15) is 9.59 Å². The van der Waals surface area contributed by atoms with E-state index in [4.69, 9.17) is 10.5 Å². The molecule has 0 aromatic carbocycles. The lowest BCUT2D eigenvalue weighted by Crippen LogP contribution is -2.44. The average molecular weight is 393 g/mol. The van der Waals surface area contributed by atoms with Crippen molar-refractivity contribution in [3.63, 3.8) is 0 Å². The number of thiophene rings is 1. The zero-order valence-corrected chi connectivity index (χ0v) is 16.3. The minimum atomic E-state index is -0.448. The fourth-order valence-electron chi connectivity index (χ4n) is 2.53. The number of hydrogen-bond donors (Lipinski definition) is 3. The van der Waals surface area contributed by atoms with Crippen LogP contribution < -0.4 is 16.4 Å². The van der Waals surface area contributed by atoms with Gasteiger partial charge in [0.25, 0.3) is 0 Å². The Morgan fingerprint density at radius 2 is 2.15 bits per heavy atom. The molecule has 2 aromatic heterocycles. The third kappa shape index (κ3) is 3.61. The van der Waals surface area contributed by atoms with E-state index in [2.05, 4.69) is 20.6 Å². The van der Waals surface area contributed by atoms with E-state index < -0.39 is 5.97 Å². The number of aryl methyl sites for hydroxylation is 2. The number of hydrogen-bond acceptors (Lipinski definition) is 8. The van der Waals surface area contributed by atoms with Gasteiger partial charge in [0.2, 0.25) is 0 Å². The number of thioether (sulfide) groups is 1. The number of carbonyl (C=O) groups is 2. The normalized spacial score (nSPS) is 14.3. The molecule has 0 unspecified atom stereocenters. The molecule has 0 saturated heterocycles. The van der Waals surface area contributed by atoms with Crippen molar-refractivity contribution in [2.24, 2.45) is 0 Å². The number of aromatic nitrogens is 2. The highest BCUT2D eigenvalue weighted by Crippen LogP contribution is 2.33. The summed E-state index contributed by atoms with van der Waals surface area (Å²) in [6.45, 7) is 6.16. The molecule has 26 heavy (non-hydrogen) atoms. The Hall–Kier alpha value is -2.33. The van der Waals surface area contributed by atoms with Crippen molar-refractivity contribution in [1.29, 1.82) is 0 Å².